The van der Waals surface area contributed by atoms with Gasteiger partial charge in [-0.1, -0.05) is 0 Å². The number of imidazole rings is 1. The molecule has 4 nitrogen and oxygen atoms in total. The number of aromatic amines is 1. The van der Waals surface area contributed by atoms with Crippen molar-refractivity contribution < 1.29 is 4.39 Å². The lowest BCUT2D eigenvalue weighted by Gasteiger charge is -1.92. The maximum atomic E-state index is 12.9. The summed E-state index contributed by atoms with van der Waals surface area (Å²) in [5.74, 6) is 0.285. The highest BCUT2D eigenvalue weighted by Gasteiger charge is 2.06. The van der Waals surface area contributed by atoms with Crippen molar-refractivity contribution in [3.8, 4) is 11.4 Å². The average Bonchev–Trinajstić information content (AvgIpc) is 2.73. The van der Waals surface area contributed by atoms with E-state index in [2.05, 4.69) is 19.9 Å². The molecule has 0 saturated carbocycles. The highest BCUT2D eigenvalue weighted by atomic mass is 19.1. The third-order valence-corrected chi connectivity index (χ3v) is 2.26. The van der Waals surface area contributed by atoms with Crippen LogP contribution in [-0.2, 0) is 0 Å². The minimum Gasteiger partial charge on any atom is -0.336 e. The van der Waals surface area contributed by atoms with Crippen LogP contribution in [0.1, 0.15) is 0 Å². The summed E-state index contributed by atoms with van der Waals surface area (Å²) in [5, 5.41) is 0. The first-order valence-electron chi connectivity index (χ1n) is 4.74. The lowest BCUT2D eigenvalue weighted by atomic mass is 10.3. The molecular formula is C11H7FN4. The number of hydrogen-bond donors (Lipinski definition) is 1. The predicted octanol–water partition coefficient (Wildman–Crippen LogP) is 2.16. The van der Waals surface area contributed by atoms with E-state index in [0.717, 1.165) is 11.8 Å². The molecule has 0 radical (unpaired) electrons. The average molecular weight is 214 g/mol. The molecule has 0 bridgehead atoms. The van der Waals surface area contributed by atoms with E-state index in [9.17, 15) is 4.39 Å². The quantitative estimate of drug-likeness (QED) is 0.675. The standard InChI is InChI=1S/C11H7FN4/c12-8-5-9-11(14-6-8)16-10(15-9)7-1-3-13-4-2-7/h1-6H,(H,14,15,16). The molecule has 16 heavy (non-hydrogen) atoms. The second-order valence-electron chi connectivity index (χ2n) is 3.35. The first-order chi connectivity index (χ1) is 7.83. The van der Waals surface area contributed by atoms with Crippen LogP contribution in [0.2, 0.25) is 0 Å². The Morgan fingerprint density at radius 3 is 2.81 bits per heavy atom. The van der Waals surface area contributed by atoms with E-state index in [1.807, 2.05) is 12.1 Å². The van der Waals surface area contributed by atoms with Crippen molar-refractivity contribution in [3.63, 3.8) is 0 Å². The van der Waals surface area contributed by atoms with Gasteiger partial charge >= 0.3 is 0 Å². The van der Waals surface area contributed by atoms with Crippen LogP contribution in [0, 0.1) is 5.82 Å². The van der Waals surface area contributed by atoms with Gasteiger partial charge in [-0.25, -0.2) is 14.4 Å². The molecule has 0 unspecified atom stereocenters. The number of H-pyrrole nitrogens is 1. The van der Waals surface area contributed by atoms with Crippen molar-refractivity contribution in [3.05, 3.63) is 42.6 Å². The largest absolute Gasteiger partial charge is 0.336 e. The Bertz CT molecular complexity index is 633. The van der Waals surface area contributed by atoms with Crippen molar-refractivity contribution >= 4 is 11.2 Å². The maximum absolute atomic E-state index is 12.9. The van der Waals surface area contributed by atoms with Crippen LogP contribution < -0.4 is 0 Å². The summed E-state index contributed by atoms with van der Waals surface area (Å²) in [6, 6.07) is 5.03. The highest BCUT2D eigenvalue weighted by Crippen LogP contribution is 2.18. The van der Waals surface area contributed by atoms with Crippen molar-refractivity contribution in [2.24, 2.45) is 0 Å². The number of hydrogen-bond acceptors (Lipinski definition) is 3. The molecule has 0 amide bonds. The Hall–Kier alpha value is -2.30. The van der Waals surface area contributed by atoms with Crippen LogP contribution in [-0.4, -0.2) is 19.9 Å². The number of halogens is 1. The molecule has 0 spiro atoms. The maximum Gasteiger partial charge on any atom is 0.178 e. The van der Waals surface area contributed by atoms with Gasteiger partial charge in [0, 0.05) is 24.0 Å². The van der Waals surface area contributed by atoms with Gasteiger partial charge in [0.2, 0.25) is 0 Å². The van der Waals surface area contributed by atoms with Gasteiger partial charge in [0.1, 0.15) is 11.6 Å². The number of rotatable bonds is 1. The van der Waals surface area contributed by atoms with Crippen LogP contribution in [0.5, 0.6) is 0 Å². The van der Waals surface area contributed by atoms with Crippen LogP contribution in [0.25, 0.3) is 22.6 Å². The fourth-order valence-corrected chi connectivity index (χ4v) is 1.52. The Labute approximate surface area is 90.2 Å². The molecule has 0 fully saturated rings. The summed E-state index contributed by atoms with van der Waals surface area (Å²) in [6.07, 6.45) is 4.51. The second kappa shape index (κ2) is 3.37. The zero-order valence-corrected chi connectivity index (χ0v) is 8.18. The first kappa shape index (κ1) is 8.96. The molecule has 0 aliphatic rings. The Kier molecular flexibility index (Phi) is 1.89. The van der Waals surface area contributed by atoms with Crippen LogP contribution in [0.3, 0.4) is 0 Å². The van der Waals surface area contributed by atoms with Gasteiger partial charge in [-0.3, -0.25) is 4.98 Å². The van der Waals surface area contributed by atoms with Crippen LogP contribution in [0.4, 0.5) is 4.39 Å². The van der Waals surface area contributed by atoms with Gasteiger partial charge in [0.05, 0.1) is 11.7 Å². The highest BCUT2D eigenvalue weighted by molar-refractivity contribution is 5.75. The van der Waals surface area contributed by atoms with Crippen molar-refractivity contribution in [2.75, 3.05) is 0 Å². The Balaban J connectivity index is 2.19. The molecule has 0 aromatic carbocycles. The monoisotopic (exact) mass is 214 g/mol. The van der Waals surface area contributed by atoms with Crippen LogP contribution >= 0.6 is 0 Å². The zero-order chi connectivity index (χ0) is 11.0. The van der Waals surface area contributed by atoms with Crippen molar-refractivity contribution in [1.29, 1.82) is 0 Å². The number of nitrogens with one attached hydrogen (secondary N) is 1. The van der Waals surface area contributed by atoms with Gasteiger partial charge < -0.3 is 4.98 Å². The molecule has 3 aromatic rings. The molecule has 3 rings (SSSR count). The summed E-state index contributed by atoms with van der Waals surface area (Å²) in [7, 11) is 0. The van der Waals surface area contributed by atoms with Crippen molar-refractivity contribution in [1.82, 2.24) is 19.9 Å². The lowest BCUT2D eigenvalue weighted by molar-refractivity contribution is 0.624. The molecule has 3 heterocycles. The molecule has 3 aromatic heterocycles. The number of aromatic nitrogens is 4. The van der Waals surface area contributed by atoms with E-state index in [1.54, 1.807) is 12.4 Å². The molecule has 1 N–H and O–H groups in total. The summed E-state index contributed by atoms with van der Waals surface area (Å²) in [5.41, 5.74) is 1.99. The van der Waals surface area contributed by atoms with Crippen molar-refractivity contribution in [2.45, 2.75) is 0 Å². The van der Waals surface area contributed by atoms with E-state index in [-0.39, 0.29) is 5.82 Å². The summed E-state index contributed by atoms with van der Waals surface area (Å²) >= 11 is 0. The summed E-state index contributed by atoms with van der Waals surface area (Å²) < 4.78 is 12.9. The molecular weight excluding hydrogens is 207 g/mol. The van der Waals surface area contributed by atoms with Crippen LogP contribution in [0.15, 0.2) is 36.8 Å². The van der Waals surface area contributed by atoms with Gasteiger partial charge in [-0.05, 0) is 12.1 Å². The number of nitrogens with zero attached hydrogens (tertiary/aromatic N) is 3. The van der Waals surface area contributed by atoms with Gasteiger partial charge in [-0.2, -0.15) is 0 Å². The second-order valence-corrected chi connectivity index (χ2v) is 3.35. The Morgan fingerprint density at radius 1 is 1.19 bits per heavy atom. The fraction of sp³-hybridized carbons (Fsp3) is 0. The lowest BCUT2D eigenvalue weighted by Crippen LogP contribution is -1.80. The van der Waals surface area contributed by atoms with Gasteiger partial charge in [0.25, 0.3) is 0 Å². The third kappa shape index (κ3) is 1.42. The summed E-state index contributed by atoms with van der Waals surface area (Å²) in [4.78, 5) is 15.1. The number of fused-ring (bicyclic) bond motifs is 1. The molecule has 0 aliphatic carbocycles. The van der Waals surface area contributed by atoms with Gasteiger partial charge in [0.15, 0.2) is 5.65 Å². The van der Waals surface area contributed by atoms with E-state index in [1.165, 1.54) is 6.07 Å². The van der Waals surface area contributed by atoms with E-state index >= 15 is 0 Å². The molecule has 5 heteroatoms. The molecule has 0 atom stereocenters. The summed E-state index contributed by atoms with van der Waals surface area (Å²) in [6.45, 7) is 0. The smallest absolute Gasteiger partial charge is 0.178 e. The predicted molar refractivity (Wildman–Crippen MR) is 57.1 cm³/mol. The minimum absolute atomic E-state index is 0.377. The van der Waals surface area contributed by atoms with E-state index in [4.69, 9.17) is 0 Å². The first-order valence-corrected chi connectivity index (χ1v) is 4.74. The van der Waals surface area contributed by atoms with Gasteiger partial charge in [-0.15, -0.1) is 0 Å². The third-order valence-electron chi connectivity index (χ3n) is 2.26. The van der Waals surface area contributed by atoms with E-state index < -0.39 is 0 Å². The molecule has 0 aliphatic heterocycles. The molecule has 78 valence electrons. The normalized spacial score (nSPS) is 10.8. The van der Waals surface area contributed by atoms with E-state index in [0.29, 0.717) is 17.0 Å². The topological polar surface area (TPSA) is 54.5 Å². The minimum atomic E-state index is -0.377. The Morgan fingerprint density at radius 2 is 2.00 bits per heavy atom. The zero-order valence-electron chi connectivity index (χ0n) is 8.18. The fourth-order valence-electron chi connectivity index (χ4n) is 1.52. The number of pyridine rings is 2. The molecule has 0 saturated heterocycles. The SMILES string of the molecule is Fc1cnc2nc(-c3ccncc3)[nH]c2c1.